The highest BCUT2D eigenvalue weighted by Gasteiger charge is 2.36. The maximum absolute atomic E-state index is 13.1. The van der Waals surface area contributed by atoms with Gasteiger partial charge in [0, 0.05) is 41.8 Å². The number of likely N-dealkylation sites (tertiary alicyclic amines) is 1. The van der Waals surface area contributed by atoms with Crippen molar-refractivity contribution in [2.24, 2.45) is 5.92 Å². The number of hydrogen-bond donors (Lipinski definition) is 1. The molecule has 2 aromatic rings. The largest absolute Gasteiger partial charge is 0.480 e. The molecule has 3 heterocycles. The van der Waals surface area contributed by atoms with Crippen LogP contribution in [0.15, 0.2) is 41.2 Å². The third-order valence-corrected chi connectivity index (χ3v) is 5.82. The van der Waals surface area contributed by atoms with Crippen molar-refractivity contribution in [3.8, 4) is 11.1 Å². The van der Waals surface area contributed by atoms with Crippen LogP contribution in [0.2, 0.25) is 5.02 Å². The van der Waals surface area contributed by atoms with Crippen LogP contribution in [0.4, 0.5) is 0 Å². The van der Waals surface area contributed by atoms with E-state index in [0.29, 0.717) is 30.2 Å². The van der Waals surface area contributed by atoms with Crippen LogP contribution < -0.4 is 5.56 Å². The summed E-state index contributed by atoms with van der Waals surface area (Å²) in [5, 5.41) is 9.26. The van der Waals surface area contributed by atoms with Crippen molar-refractivity contribution in [1.29, 1.82) is 0 Å². The molecule has 1 aromatic heterocycles. The molecule has 2 aliphatic heterocycles. The maximum Gasteiger partial charge on any atom is 0.329 e. The van der Waals surface area contributed by atoms with E-state index in [1.807, 2.05) is 28.8 Å². The fourth-order valence-corrected chi connectivity index (χ4v) is 4.44. The summed E-state index contributed by atoms with van der Waals surface area (Å²) in [5.74, 6) is -1.05. The number of rotatable bonds is 5. The zero-order chi connectivity index (χ0) is 20.5. The predicted octanol–water partition coefficient (Wildman–Crippen LogP) is 2.22. The molecule has 0 saturated carbocycles. The van der Waals surface area contributed by atoms with Crippen molar-refractivity contribution in [2.45, 2.75) is 18.9 Å². The third kappa shape index (κ3) is 4.06. The van der Waals surface area contributed by atoms with E-state index in [0.717, 1.165) is 17.7 Å². The van der Waals surface area contributed by atoms with E-state index in [1.54, 1.807) is 17.0 Å². The molecule has 4 rings (SSSR count). The zero-order valence-corrected chi connectivity index (χ0v) is 16.5. The van der Waals surface area contributed by atoms with Crippen molar-refractivity contribution in [3.63, 3.8) is 0 Å². The van der Waals surface area contributed by atoms with Crippen LogP contribution in [-0.4, -0.2) is 52.8 Å². The molecule has 0 aliphatic carbocycles. The van der Waals surface area contributed by atoms with Crippen LogP contribution in [0, 0.1) is 5.92 Å². The minimum atomic E-state index is -1.10. The van der Waals surface area contributed by atoms with E-state index >= 15 is 0 Å². The van der Waals surface area contributed by atoms with E-state index in [-0.39, 0.29) is 29.9 Å². The Morgan fingerprint density at radius 2 is 1.83 bits per heavy atom. The van der Waals surface area contributed by atoms with Crippen molar-refractivity contribution >= 4 is 23.5 Å². The molecular weight excluding hydrogens is 396 g/mol. The van der Waals surface area contributed by atoms with Gasteiger partial charge in [-0.2, -0.15) is 0 Å². The molecule has 1 fully saturated rings. The maximum atomic E-state index is 13.1. The van der Waals surface area contributed by atoms with Gasteiger partial charge in [0.15, 0.2) is 0 Å². The summed E-state index contributed by atoms with van der Waals surface area (Å²) in [5.41, 5.74) is 2.38. The number of benzene rings is 1. The van der Waals surface area contributed by atoms with Gasteiger partial charge in [-0.3, -0.25) is 9.59 Å². The number of hydrogen-bond acceptors (Lipinski definition) is 4. The average Bonchev–Trinajstić information content (AvgIpc) is 2.69. The number of nitrogens with zero attached hydrogens (tertiary/aromatic N) is 2. The minimum absolute atomic E-state index is 0.0240. The summed E-state index contributed by atoms with van der Waals surface area (Å²) < 4.78 is 6.78. The number of ether oxygens (including phenoxy) is 1. The van der Waals surface area contributed by atoms with Crippen molar-refractivity contribution < 1.29 is 19.4 Å². The second-order valence-electron chi connectivity index (χ2n) is 7.58. The topological polar surface area (TPSA) is 88.8 Å². The summed E-state index contributed by atoms with van der Waals surface area (Å²) in [6.45, 7) is 0.881. The number of fused-ring (bicyclic) bond motifs is 4. The number of aromatic nitrogens is 1. The lowest BCUT2D eigenvalue weighted by Crippen LogP contribution is -2.50. The molecule has 0 radical (unpaired) electrons. The Labute approximate surface area is 172 Å². The van der Waals surface area contributed by atoms with Gasteiger partial charge in [0.1, 0.15) is 13.2 Å². The molecule has 1 aromatic carbocycles. The number of aliphatic carboxylic acids is 1. The first-order valence-corrected chi connectivity index (χ1v) is 9.87. The molecule has 2 atom stereocenters. The van der Waals surface area contributed by atoms with Gasteiger partial charge in [0.25, 0.3) is 5.56 Å². The van der Waals surface area contributed by atoms with Crippen LogP contribution in [-0.2, 0) is 20.9 Å². The first-order chi connectivity index (χ1) is 13.9. The number of piperidine rings is 1. The number of carbonyl (C=O) groups excluding carboxylic acids is 1. The van der Waals surface area contributed by atoms with Crippen molar-refractivity contribution in [2.75, 3.05) is 26.3 Å². The molecule has 152 valence electrons. The van der Waals surface area contributed by atoms with Crippen LogP contribution in [0.25, 0.3) is 11.1 Å². The minimum Gasteiger partial charge on any atom is -0.480 e. The number of halogens is 1. The Morgan fingerprint density at radius 1 is 1.07 bits per heavy atom. The summed E-state index contributed by atoms with van der Waals surface area (Å²) in [4.78, 5) is 37.8. The normalized spacial score (nSPS) is 20.2. The highest BCUT2D eigenvalue weighted by atomic mass is 35.5. The standard InChI is InChI=1S/C21H21ClN2O5/c22-16-3-1-14(2-4-16)17-5-6-18-15-7-13(9-24(18)21(17)28)8-23(10-15)19(25)11-29-12-20(26)27/h1-6,13,15H,7-12H2,(H,26,27)/t13-,15+/m0/s1. The van der Waals surface area contributed by atoms with Crippen LogP contribution in [0.5, 0.6) is 0 Å². The van der Waals surface area contributed by atoms with Gasteiger partial charge in [0.05, 0.1) is 0 Å². The van der Waals surface area contributed by atoms with Gasteiger partial charge < -0.3 is 19.3 Å². The Kier molecular flexibility index (Phi) is 5.43. The fourth-order valence-electron chi connectivity index (χ4n) is 4.32. The summed E-state index contributed by atoms with van der Waals surface area (Å²) in [6.07, 6.45) is 0.930. The molecule has 1 saturated heterocycles. The zero-order valence-electron chi connectivity index (χ0n) is 15.7. The van der Waals surface area contributed by atoms with E-state index in [1.165, 1.54) is 0 Å². The van der Waals surface area contributed by atoms with Crippen LogP contribution in [0.1, 0.15) is 18.0 Å². The monoisotopic (exact) mass is 416 g/mol. The van der Waals surface area contributed by atoms with E-state index < -0.39 is 12.6 Å². The smallest absolute Gasteiger partial charge is 0.329 e. The number of carboxylic acid groups (broad SMARTS) is 1. The molecule has 1 amide bonds. The van der Waals surface area contributed by atoms with Gasteiger partial charge in [-0.15, -0.1) is 0 Å². The molecule has 29 heavy (non-hydrogen) atoms. The molecule has 2 aliphatic rings. The lowest BCUT2D eigenvalue weighted by Gasteiger charge is -2.42. The van der Waals surface area contributed by atoms with E-state index in [4.69, 9.17) is 21.4 Å². The fraction of sp³-hybridized carbons (Fsp3) is 0.381. The van der Waals surface area contributed by atoms with Gasteiger partial charge >= 0.3 is 5.97 Å². The van der Waals surface area contributed by atoms with Crippen LogP contribution in [0.3, 0.4) is 0 Å². The average molecular weight is 417 g/mol. The lowest BCUT2D eigenvalue weighted by molar-refractivity contribution is -0.146. The SMILES string of the molecule is O=C(O)COCC(=O)N1C[C@@H]2C[C@H](C1)c1ccc(-c3ccc(Cl)cc3)c(=O)n1C2. The lowest BCUT2D eigenvalue weighted by atomic mass is 9.82. The number of pyridine rings is 1. The summed E-state index contributed by atoms with van der Waals surface area (Å²) >= 11 is 5.95. The highest BCUT2D eigenvalue weighted by molar-refractivity contribution is 6.30. The summed E-state index contributed by atoms with van der Waals surface area (Å²) in [6, 6.07) is 11.0. The number of amides is 1. The van der Waals surface area contributed by atoms with Gasteiger partial charge in [-0.1, -0.05) is 23.7 Å². The second-order valence-corrected chi connectivity index (χ2v) is 8.01. The molecule has 2 bridgehead atoms. The predicted molar refractivity (Wildman–Crippen MR) is 107 cm³/mol. The van der Waals surface area contributed by atoms with Crippen molar-refractivity contribution in [1.82, 2.24) is 9.47 Å². The molecule has 1 N–H and O–H groups in total. The van der Waals surface area contributed by atoms with Gasteiger partial charge in [0.2, 0.25) is 5.91 Å². The van der Waals surface area contributed by atoms with Gasteiger partial charge in [-0.25, -0.2) is 4.79 Å². The molecular formula is C21H21ClN2O5. The van der Waals surface area contributed by atoms with Crippen molar-refractivity contribution in [3.05, 3.63) is 57.5 Å². The number of carbonyl (C=O) groups is 2. The first kappa shape index (κ1) is 19.7. The van der Waals surface area contributed by atoms with Crippen LogP contribution >= 0.6 is 11.6 Å². The Balaban J connectivity index is 1.55. The number of carboxylic acids is 1. The van der Waals surface area contributed by atoms with E-state index in [9.17, 15) is 14.4 Å². The Hall–Kier alpha value is -2.64. The molecule has 8 heteroatoms. The first-order valence-electron chi connectivity index (χ1n) is 9.49. The second kappa shape index (κ2) is 8.00. The Morgan fingerprint density at radius 3 is 2.55 bits per heavy atom. The summed E-state index contributed by atoms with van der Waals surface area (Å²) in [7, 11) is 0. The molecule has 0 spiro atoms. The third-order valence-electron chi connectivity index (χ3n) is 5.56. The highest BCUT2D eigenvalue weighted by Crippen LogP contribution is 2.35. The molecule has 0 unspecified atom stereocenters. The van der Waals surface area contributed by atoms with Gasteiger partial charge in [-0.05, 0) is 42.2 Å². The Bertz CT molecular complexity index is 1000. The van der Waals surface area contributed by atoms with E-state index in [2.05, 4.69) is 0 Å². The molecule has 7 nitrogen and oxygen atoms in total. The quantitative estimate of drug-likeness (QED) is 0.807.